The minimum absolute atomic E-state index is 0. The van der Waals surface area contributed by atoms with Crippen LogP contribution in [0, 0.1) is 0 Å². The first-order valence-corrected chi connectivity index (χ1v) is 9.38. The Bertz CT molecular complexity index is 365. The monoisotopic (exact) mass is 574 g/mol. The fourth-order valence-electron chi connectivity index (χ4n) is 1.61. The molecule has 1 atom stereocenters. The number of ether oxygens (including phenoxy) is 3. The second-order valence-electron chi connectivity index (χ2n) is 4.58. The number of thioether (sulfide) groups is 1. The molecule has 22 heavy (non-hydrogen) atoms. The third kappa shape index (κ3) is 10.3. The van der Waals surface area contributed by atoms with Crippen LogP contribution in [0.4, 0.5) is 0 Å². The van der Waals surface area contributed by atoms with Gasteiger partial charge in [0.15, 0.2) is 0 Å². The van der Waals surface area contributed by atoms with Gasteiger partial charge < -0.3 is 0 Å². The molecule has 0 saturated carbocycles. The second-order valence-corrected chi connectivity index (χ2v) is 7.45. The molecular weight excluding hydrogens is 548 g/mol. The van der Waals surface area contributed by atoms with E-state index in [1.54, 1.807) is 7.11 Å². The Morgan fingerprint density at radius 1 is 1.09 bits per heavy atom. The van der Waals surface area contributed by atoms with Crippen LogP contribution in [-0.2, 0) is 31.9 Å². The van der Waals surface area contributed by atoms with E-state index in [1.807, 2.05) is 23.9 Å². The van der Waals surface area contributed by atoms with Crippen LogP contribution in [0.5, 0.6) is 5.75 Å². The van der Waals surface area contributed by atoms with Crippen LogP contribution in [-0.4, -0.2) is 55.3 Å². The molecule has 0 fully saturated rings. The summed E-state index contributed by atoms with van der Waals surface area (Å²) in [4.78, 5) is 0. The van der Waals surface area contributed by atoms with Crippen LogP contribution in [0.2, 0.25) is 0 Å². The zero-order chi connectivity index (χ0) is 15.3. The van der Waals surface area contributed by atoms with Gasteiger partial charge in [0.1, 0.15) is 0 Å². The van der Waals surface area contributed by atoms with Crippen LogP contribution >= 0.6 is 11.8 Å². The third-order valence-corrected chi connectivity index (χ3v) is 5.37. The van der Waals surface area contributed by atoms with Crippen molar-refractivity contribution in [3.8, 4) is 5.75 Å². The molecule has 0 heterocycles. The Morgan fingerprint density at radius 2 is 1.77 bits per heavy atom. The number of hydrogen-bond donors (Lipinski definition) is 0. The topological polar surface area (TPSA) is 27.7 Å². The molecule has 2 radical (unpaired) electrons. The summed E-state index contributed by atoms with van der Waals surface area (Å²) in [5.74, 6) is 2.09. The normalized spacial score (nSPS) is 11.8. The molecule has 0 amide bonds. The molecule has 1 aromatic carbocycles. The predicted octanol–water partition coefficient (Wildman–Crippen LogP) is 3.43. The molecule has 0 aliphatic rings. The minimum Gasteiger partial charge on any atom is 0 e. The van der Waals surface area contributed by atoms with E-state index in [0.717, 1.165) is 5.75 Å². The Balaban J connectivity index is 0.00000441. The van der Waals surface area contributed by atoms with E-state index in [1.165, 1.54) is 24.2 Å². The summed E-state index contributed by atoms with van der Waals surface area (Å²) >= 11 is 5.19. The minimum atomic E-state index is 0. The molecule has 1 unspecified atom stereocenters. The van der Waals surface area contributed by atoms with Crippen molar-refractivity contribution in [2.75, 3.05) is 39.3 Å². The molecule has 0 bridgehead atoms. The fourth-order valence-corrected chi connectivity index (χ4v) is 3.57. The molecule has 0 spiro atoms. The zero-order valence-corrected chi connectivity index (χ0v) is 17.9. The third-order valence-electron chi connectivity index (χ3n) is 2.85. The maximum absolute atomic E-state index is 5.64. The van der Waals surface area contributed by atoms with E-state index in [4.69, 9.17) is 14.2 Å². The van der Waals surface area contributed by atoms with Crippen molar-refractivity contribution >= 4 is 27.8 Å². The van der Waals surface area contributed by atoms with Gasteiger partial charge >= 0.3 is 134 Å². The van der Waals surface area contributed by atoms with Gasteiger partial charge in [0.25, 0.3) is 0 Å². The predicted molar refractivity (Wildman–Crippen MR) is 90.5 cm³/mol. The summed E-state index contributed by atoms with van der Waals surface area (Å²) in [6.45, 7) is 4.61. The molecule has 0 aliphatic carbocycles. The van der Waals surface area contributed by atoms with Gasteiger partial charge in [-0.2, -0.15) is 0 Å². The van der Waals surface area contributed by atoms with E-state index in [9.17, 15) is 0 Å². The first-order valence-electron chi connectivity index (χ1n) is 7.34. The molecule has 3 nitrogen and oxygen atoms in total. The summed E-state index contributed by atoms with van der Waals surface area (Å²) in [7, 11) is 1.67. The fraction of sp³-hybridized carbons (Fsp3) is 0.625. The van der Waals surface area contributed by atoms with Gasteiger partial charge in [-0.05, 0) is 0 Å². The maximum atomic E-state index is 5.64. The first-order chi connectivity index (χ1) is 10.3. The first kappa shape index (κ1) is 22.5. The van der Waals surface area contributed by atoms with Crippen molar-refractivity contribution in [3.05, 3.63) is 29.8 Å². The number of rotatable bonds is 12. The number of methoxy groups -OCH3 is 1. The van der Waals surface area contributed by atoms with Gasteiger partial charge in [-0.1, -0.05) is 0 Å². The molecule has 1 rings (SSSR count). The van der Waals surface area contributed by atoms with E-state index in [2.05, 4.69) is 35.1 Å². The molecule has 0 aromatic heterocycles. The van der Waals surface area contributed by atoms with Crippen LogP contribution in [0.3, 0.4) is 0 Å². The van der Waals surface area contributed by atoms with Crippen molar-refractivity contribution in [1.29, 1.82) is 0 Å². The van der Waals surface area contributed by atoms with E-state index >= 15 is 0 Å². The number of hydrogen-bond acceptors (Lipinski definition) is 4. The Kier molecular flexibility index (Phi) is 15.5. The van der Waals surface area contributed by atoms with E-state index < -0.39 is 0 Å². The smallest absolute Gasteiger partial charge is 0 e. The molecule has 0 aliphatic heterocycles. The summed E-state index contributed by atoms with van der Waals surface area (Å²) in [6, 6.07) is 8.30. The summed E-state index contributed by atoms with van der Waals surface area (Å²) < 4.78 is 16.3. The summed E-state index contributed by atoms with van der Waals surface area (Å²) in [5.41, 5.74) is 1.31. The Hall–Kier alpha value is 0.550. The van der Waals surface area contributed by atoms with Crippen molar-refractivity contribution in [3.63, 3.8) is 0 Å². The van der Waals surface area contributed by atoms with Crippen molar-refractivity contribution in [2.24, 2.45) is 0 Å². The number of benzene rings is 1. The second kappa shape index (κ2) is 15.1. The summed E-state index contributed by atoms with van der Waals surface area (Å²) in [5, 5.41) is 0. The van der Waals surface area contributed by atoms with Crippen molar-refractivity contribution in [1.82, 2.24) is 0 Å². The van der Waals surface area contributed by atoms with Crippen LogP contribution in [0.1, 0.15) is 29.5 Å². The molecule has 0 N–H and O–H groups in total. The Morgan fingerprint density at radius 3 is 2.41 bits per heavy atom. The van der Waals surface area contributed by atoms with Crippen LogP contribution in [0.25, 0.3) is 0 Å². The van der Waals surface area contributed by atoms with E-state index in [-0.39, 0.29) is 22.4 Å². The largest absolute Gasteiger partial charge is 0 e. The molecule has 0 saturated heterocycles. The van der Waals surface area contributed by atoms with Crippen molar-refractivity contribution in [2.45, 2.75) is 23.9 Å². The van der Waals surface area contributed by atoms with Gasteiger partial charge in [0, 0.05) is 29.5 Å². The van der Waals surface area contributed by atoms with Gasteiger partial charge in [-0.3, -0.25) is 0 Å². The molecule has 6 heteroatoms. The average molecular weight is 573 g/mol. The van der Waals surface area contributed by atoms with Gasteiger partial charge in [-0.25, -0.2) is 0 Å². The molecule has 1 aromatic rings. The van der Waals surface area contributed by atoms with Crippen molar-refractivity contribution < 1.29 is 36.6 Å². The SMILES string of the molecule is CCCCSC([Se])c1ccc(OCCOCCOC)cc1.[Au]. The van der Waals surface area contributed by atoms with Crippen LogP contribution < -0.4 is 4.74 Å². The van der Waals surface area contributed by atoms with Gasteiger partial charge in [-0.15, -0.1) is 0 Å². The average Bonchev–Trinajstić information content (AvgIpc) is 2.51. The molecular formula is C16H25AuO3SSe. The molecule has 130 valence electrons. The maximum Gasteiger partial charge on any atom is 0 e. The summed E-state index contributed by atoms with van der Waals surface area (Å²) in [6.07, 6.45) is 2.52. The van der Waals surface area contributed by atoms with Gasteiger partial charge in [0.05, 0.1) is 0 Å². The van der Waals surface area contributed by atoms with E-state index in [0.29, 0.717) is 30.6 Å². The zero-order valence-electron chi connectivity index (χ0n) is 13.2. The van der Waals surface area contributed by atoms with Gasteiger partial charge in [0.2, 0.25) is 0 Å². The quantitative estimate of drug-likeness (QED) is 0.283. The standard InChI is InChI=1S/C16H25O3SSe.Au/c1-3-4-13-20-16(21)14-5-7-15(8-6-14)19-12-11-18-10-9-17-2;/h5-8,16H,3-4,9-13H2,1-2H3;. The Labute approximate surface area is 162 Å². The van der Waals surface area contributed by atoms with Crippen LogP contribution in [0.15, 0.2) is 24.3 Å². The number of unbranched alkanes of at least 4 members (excludes halogenated alkanes) is 1.